The van der Waals surface area contributed by atoms with Crippen molar-refractivity contribution >= 4 is 5.84 Å². The number of hydrogen-bond acceptors (Lipinski definition) is 2. The molecule has 1 atom stereocenters. The highest BCUT2D eigenvalue weighted by Crippen LogP contribution is 2.15. The van der Waals surface area contributed by atoms with Gasteiger partial charge in [0, 0.05) is 0 Å². The summed E-state index contributed by atoms with van der Waals surface area (Å²) in [5, 5.41) is 10.5. The normalized spacial score (nSPS) is 14.2. The molecule has 0 saturated heterocycles. The fourth-order valence-electron chi connectivity index (χ4n) is 6.88. The molecule has 0 fully saturated rings. The van der Waals surface area contributed by atoms with E-state index < -0.39 is 0 Å². The fourth-order valence-corrected chi connectivity index (χ4v) is 6.88. The van der Waals surface area contributed by atoms with Crippen molar-refractivity contribution < 1.29 is 22.1 Å². The Morgan fingerprint density at radius 3 is 1.32 bits per heavy atom. The van der Waals surface area contributed by atoms with E-state index in [2.05, 4.69) is 35.5 Å². The molecule has 0 aromatic carbocycles. The molecule has 0 spiro atoms. The van der Waals surface area contributed by atoms with Gasteiger partial charge in [-0.05, 0) is 38.7 Å². The number of halogens is 1. The van der Waals surface area contributed by atoms with Crippen molar-refractivity contribution in [3.8, 4) is 0 Å². The molecule has 0 aromatic heterocycles. The van der Waals surface area contributed by atoms with Gasteiger partial charge in [-0.1, -0.05) is 180 Å². The first-order valence-electron chi connectivity index (χ1n) is 19.9. The summed E-state index contributed by atoms with van der Waals surface area (Å²) in [6.45, 7) is 10.7. The topological polar surface area (TPSA) is 26.5 Å². The Morgan fingerprint density at radius 1 is 0.568 bits per heavy atom. The van der Waals surface area contributed by atoms with Gasteiger partial charge >= 0.3 is 0 Å². The number of nitrogens with zero attached hydrogens (tertiary/aromatic N) is 2. The summed E-state index contributed by atoms with van der Waals surface area (Å²) < 4.78 is 2.41. The summed E-state index contributed by atoms with van der Waals surface area (Å²) in [7, 11) is 0. The first kappa shape index (κ1) is 43.5. The Balaban J connectivity index is 0.0000185. The molecule has 0 radical (unpaired) electrons. The number of amidine groups is 1. The smallest absolute Gasteiger partial charge is 0.276 e. The molecule has 1 rings (SSSR count). The Morgan fingerprint density at radius 2 is 0.932 bits per heavy atom. The highest BCUT2D eigenvalue weighted by Gasteiger charge is 2.32. The average molecular weight is 640 g/mol. The van der Waals surface area contributed by atoms with E-state index in [1.807, 2.05) is 6.92 Å². The van der Waals surface area contributed by atoms with E-state index in [1.54, 1.807) is 0 Å². The lowest BCUT2D eigenvalue weighted by Gasteiger charge is -2.15. The first-order chi connectivity index (χ1) is 21.2. The average Bonchev–Trinajstić information content (AvgIpc) is 3.41. The largest absolute Gasteiger partial charge is 1.00 e. The molecule has 0 bridgehead atoms. The summed E-state index contributed by atoms with van der Waals surface area (Å²) in [5.41, 5.74) is 0. The second-order valence-corrected chi connectivity index (χ2v) is 13.9. The van der Waals surface area contributed by atoms with Crippen LogP contribution in [-0.4, -0.2) is 52.7 Å². The highest BCUT2D eigenvalue weighted by atomic mass is 35.5. The number of unbranched alkanes of at least 4 members (excludes halogenated alkanes) is 27. The number of allylic oxidation sites excluding steroid dienone is 1. The molecule has 1 aliphatic heterocycles. The van der Waals surface area contributed by atoms with E-state index in [0.717, 1.165) is 32.0 Å². The van der Waals surface area contributed by atoms with Crippen molar-refractivity contribution in [2.24, 2.45) is 0 Å². The fraction of sp³-hybridized carbons (Fsp3) is 0.925. The van der Waals surface area contributed by atoms with E-state index in [9.17, 15) is 5.11 Å². The van der Waals surface area contributed by atoms with Gasteiger partial charge in [-0.2, -0.15) is 0 Å². The summed E-state index contributed by atoms with van der Waals surface area (Å²) in [6.07, 6.45) is 45.2. The molecular formula is C40H79ClN2O. The summed E-state index contributed by atoms with van der Waals surface area (Å²) in [4.78, 5) is 2.47. The van der Waals surface area contributed by atoms with Crippen LogP contribution in [0.4, 0.5) is 0 Å². The lowest BCUT2D eigenvalue weighted by molar-refractivity contribution is -0.510. The van der Waals surface area contributed by atoms with Gasteiger partial charge in [0.25, 0.3) is 5.84 Å². The monoisotopic (exact) mass is 639 g/mol. The van der Waals surface area contributed by atoms with Gasteiger partial charge in [0.2, 0.25) is 0 Å². The van der Waals surface area contributed by atoms with Crippen LogP contribution in [-0.2, 0) is 0 Å². The van der Waals surface area contributed by atoms with Crippen LogP contribution in [0.25, 0.3) is 0 Å². The van der Waals surface area contributed by atoms with Crippen LogP contribution in [0, 0.1) is 0 Å². The number of aliphatic hydroxyl groups excluding tert-OH is 1. The summed E-state index contributed by atoms with van der Waals surface area (Å²) >= 11 is 0. The molecule has 4 heteroatoms. The molecule has 0 aliphatic carbocycles. The number of aliphatic hydroxyl groups is 1. The van der Waals surface area contributed by atoms with Gasteiger partial charge in [-0.25, -0.2) is 0 Å². The van der Waals surface area contributed by atoms with Gasteiger partial charge in [-0.15, -0.1) is 0 Å². The van der Waals surface area contributed by atoms with Crippen molar-refractivity contribution in [3.63, 3.8) is 0 Å². The van der Waals surface area contributed by atoms with Gasteiger partial charge in [0.1, 0.15) is 19.6 Å². The minimum Gasteiger partial charge on any atom is -1.00 e. The van der Waals surface area contributed by atoms with Crippen LogP contribution >= 0.6 is 0 Å². The maximum atomic E-state index is 10.5. The van der Waals surface area contributed by atoms with Gasteiger partial charge in [0.05, 0.1) is 6.54 Å². The first-order valence-corrected chi connectivity index (χ1v) is 19.9. The zero-order valence-corrected chi connectivity index (χ0v) is 31.0. The number of rotatable bonds is 33. The Bertz CT molecular complexity index is 647. The zero-order valence-electron chi connectivity index (χ0n) is 30.3. The maximum Gasteiger partial charge on any atom is 0.276 e. The molecule has 1 unspecified atom stereocenters. The lowest BCUT2D eigenvalue weighted by Crippen LogP contribution is -3.00. The molecule has 1 N–H and O–H groups in total. The Kier molecular flexibility index (Phi) is 33.4. The predicted octanol–water partition coefficient (Wildman–Crippen LogP) is 9.01. The van der Waals surface area contributed by atoms with Crippen LogP contribution in [0.1, 0.15) is 207 Å². The van der Waals surface area contributed by atoms with Crippen LogP contribution in [0.15, 0.2) is 12.2 Å². The van der Waals surface area contributed by atoms with E-state index in [0.29, 0.717) is 0 Å². The van der Waals surface area contributed by atoms with Crippen molar-refractivity contribution in [2.75, 3.05) is 26.2 Å². The van der Waals surface area contributed by atoms with E-state index in [1.165, 1.54) is 186 Å². The molecule has 0 amide bonds. The van der Waals surface area contributed by atoms with Gasteiger partial charge < -0.3 is 17.5 Å². The molecule has 262 valence electrons. The summed E-state index contributed by atoms with van der Waals surface area (Å²) in [6, 6.07) is 0. The minimum atomic E-state index is -0.367. The van der Waals surface area contributed by atoms with Crippen LogP contribution < -0.4 is 12.4 Å². The highest BCUT2D eigenvalue weighted by molar-refractivity contribution is 5.82. The predicted molar refractivity (Wildman–Crippen MR) is 193 cm³/mol. The van der Waals surface area contributed by atoms with Crippen LogP contribution in [0.5, 0.6) is 0 Å². The minimum absolute atomic E-state index is 0. The van der Waals surface area contributed by atoms with E-state index >= 15 is 0 Å². The van der Waals surface area contributed by atoms with Crippen LogP contribution in [0.3, 0.4) is 0 Å². The van der Waals surface area contributed by atoms with E-state index in [-0.39, 0.29) is 18.5 Å². The molecule has 0 aromatic rings. The second kappa shape index (κ2) is 33.8. The quantitative estimate of drug-likeness (QED) is 0.0441. The second-order valence-electron chi connectivity index (χ2n) is 13.9. The molecule has 0 saturated carbocycles. The Labute approximate surface area is 283 Å². The zero-order chi connectivity index (χ0) is 31.1. The lowest BCUT2D eigenvalue weighted by atomic mass is 10.0. The third kappa shape index (κ3) is 25.6. The van der Waals surface area contributed by atoms with Crippen LogP contribution in [0.2, 0.25) is 0 Å². The molecule has 1 aliphatic rings. The standard InChI is InChI=1S/C40H79N2O.ClH/c1-4-6-8-10-12-14-16-18-20-22-24-26-28-30-32-34-36-42-38-37-41(40(42)39(3)43)35-33-31-29-27-25-23-21-19-17-15-13-11-9-7-5-2;/h31,33,39,43H,4-30,32,34-38H2,1-3H3;1H/q+1;/p-1. The molecule has 44 heavy (non-hydrogen) atoms. The third-order valence-corrected chi connectivity index (χ3v) is 9.66. The number of hydrogen-bond donors (Lipinski definition) is 1. The van der Waals surface area contributed by atoms with Gasteiger partial charge in [-0.3, -0.25) is 9.48 Å². The van der Waals surface area contributed by atoms with Gasteiger partial charge in [0.15, 0.2) is 6.10 Å². The van der Waals surface area contributed by atoms with Crippen molar-refractivity contribution in [3.05, 3.63) is 12.2 Å². The van der Waals surface area contributed by atoms with Crippen molar-refractivity contribution in [1.82, 2.24) is 4.90 Å². The molecular weight excluding hydrogens is 560 g/mol. The van der Waals surface area contributed by atoms with Crippen molar-refractivity contribution in [1.29, 1.82) is 0 Å². The Hall–Kier alpha value is -0.540. The SMILES string of the molecule is CCCCCCCCCCCCCCC=CC[N+]1=C(C(C)O)N(CCCCCCCCCCCCCCCCCC)CC1.[Cl-]. The third-order valence-electron chi connectivity index (χ3n) is 9.66. The van der Waals surface area contributed by atoms with Crippen molar-refractivity contribution in [2.45, 2.75) is 213 Å². The van der Waals surface area contributed by atoms with E-state index in [4.69, 9.17) is 0 Å². The summed E-state index contributed by atoms with van der Waals surface area (Å²) in [5.74, 6) is 1.16. The molecule has 1 heterocycles. The maximum absolute atomic E-state index is 10.5. The molecule has 3 nitrogen and oxygen atoms in total.